The number of benzene rings is 1. The summed E-state index contributed by atoms with van der Waals surface area (Å²) < 4.78 is 0. The number of rotatable bonds is 4. The first-order valence-corrected chi connectivity index (χ1v) is 7.67. The van der Waals surface area contributed by atoms with Gasteiger partial charge in [0.15, 0.2) is 0 Å². The zero-order chi connectivity index (χ0) is 14.4. The standard InChI is InChI=1S/C16H24N2O2/c1-13(14-9-11-16(12-10-14)18(19)20)17-15-7-5-3-2-4-6-8-15/h9-13,15,17H,2-8H2,1H3. The topological polar surface area (TPSA) is 55.2 Å². The van der Waals surface area contributed by atoms with Gasteiger partial charge in [0.05, 0.1) is 4.92 Å². The average molecular weight is 276 g/mol. The molecule has 1 aliphatic carbocycles. The number of nitro groups is 1. The third-order valence-electron chi connectivity index (χ3n) is 4.19. The van der Waals surface area contributed by atoms with Gasteiger partial charge in [-0.1, -0.05) is 44.2 Å². The van der Waals surface area contributed by atoms with E-state index < -0.39 is 0 Å². The molecule has 4 heteroatoms. The highest BCUT2D eigenvalue weighted by Gasteiger charge is 2.15. The first kappa shape index (κ1) is 15.0. The van der Waals surface area contributed by atoms with Crippen molar-refractivity contribution in [2.75, 3.05) is 0 Å². The lowest BCUT2D eigenvalue weighted by Crippen LogP contribution is -2.32. The van der Waals surface area contributed by atoms with Crippen molar-refractivity contribution in [1.29, 1.82) is 0 Å². The zero-order valence-electron chi connectivity index (χ0n) is 12.2. The Hall–Kier alpha value is -1.42. The molecule has 4 nitrogen and oxygen atoms in total. The maximum absolute atomic E-state index is 10.7. The monoisotopic (exact) mass is 276 g/mol. The minimum atomic E-state index is -0.351. The van der Waals surface area contributed by atoms with E-state index in [0.29, 0.717) is 6.04 Å². The van der Waals surface area contributed by atoms with Gasteiger partial charge >= 0.3 is 0 Å². The Labute approximate surface area is 120 Å². The predicted molar refractivity (Wildman–Crippen MR) is 80.8 cm³/mol. The second-order valence-electron chi connectivity index (χ2n) is 5.78. The summed E-state index contributed by atoms with van der Waals surface area (Å²) >= 11 is 0. The van der Waals surface area contributed by atoms with E-state index in [2.05, 4.69) is 12.2 Å². The third-order valence-corrected chi connectivity index (χ3v) is 4.19. The molecule has 0 aromatic heterocycles. The molecule has 1 fully saturated rings. The van der Waals surface area contributed by atoms with Gasteiger partial charge < -0.3 is 5.32 Å². The van der Waals surface area contributed by atoms with E-state index in [1.165, 1.54) is 44.9 Å². The van der Waals surface area contributed by atoms with Crippen LogP contribution in [-0.4, -0.2) is 11.0 Å². The van der Waals surface area contributed by atoms with Crippen LogP contribution in [0.1, 0.15) is 63.5 Å². The van der Waals surface area contributed by atoms with Gasteiger partial charge in [0.25, 0.3) is 5.69 Å². The van der Waals surface area contributed by atoms with Crippen LogP contribution in [0.4, 0.5) is 5.69 Å². The molecule has 20 heavy (non-hydrogen) atoms. The van der Waals surface area contributed by atoms with Crippen molar-refractivity contribution in [2.45, 2.75) is 64.0 Å². The highest BCUT2D eigenvalue weighted by molar-refractivity contribution is 5.34. The molecule has 0 bridgehead atoms. The Balaban J connectivity index is 1.92. The van der Waals surface area contributed by atoms with Crippen molar-refractivity contribution in [3.05, 3.63) is 39.9 Å². The van der Waals surface area contributed by atoms with Gasteiger partial charge in [0, 0.05) is 24.2 Å². The second-order valence-corrected chi connectivity index (χ2v) is 5.78. The fourth-order valence-electron chi connectivity index (χ4n) is 2.96. The minimum Gasteiger partial charge on any atom is -0.307 e. The Kier molecular flexibility index (Phi) is 5.53. The van der Waals surface area contributed by atoms with E-state index in [-0.39, 0.29) is 16.7 Å². The van der Waals surface area contributed by atoms with Crippen molar-refractivity contribution >= 4 is 5.69 Å². The van der Waals surface area contributed by atoms with Gasteiger partial charge in [-0.3, -0.25) is 10.1 Å². The molecule has 0 saturated heterocycles. The largest absolute Gasteiger partial charge is 0.307 e. The SMILES string of the molecule is CC(NC1CCCCCCC1)c1ccc([N+](=O)[O-])cc1. The van der Waals surface area contributed by atoms with Crippen LogP contribution in [0.3, 0.4) is 0 Å². The van der Waals surface area contributed by atoms with Gasteiger partial charge in [0.1, 0.15) is 0 Å². The molecule has 1 aromatic carbocycles. The molecular formula is C16H24N2O2. The molecule has 1 aliphatic rings. The second kappa shape index (κ2) is 7.39. The Morgan fingerprint density at radius 2 is 1.65 bits per heavy atom. The Bertz CT molecular complexity index is 423. The van der Waals surface area contributed by atoms with Gasteiger partial charge in [-0.05, 0) is 25.3 Å². The van der Waals surface area contributed by atoms with E-state index in [1.54, 1.807) is 12.1 Å². The highest BCUT2D eigenvalue weighted by atomic mass is 16.6. The number of hydrogen-bond donors (Lipinski definition) is 1. The molecule has 1 saturated carbocycles. The molecule has 0 spiro atoms. The lowest BCUT2D eigenvalue weighted by Gasteiger charge is -2.25. The molecule has 0 radical (unpaired) electrons. The van der Waals surface area contributed by atoms with Gasteiger partial charge in [-0.2, -0.15) is 0 Å². The molecule has 1 unspecified atom stereocenters. The molecule has 0 amide bonds. The van der Waals surface area contributed by atoms with Crippen molar-refractivity contribution in [3.8, 4) is 0 Å². The lowest BCUT2D eigenvalue weighted by molar-refractivity contribution is -0.384. The smallest absolute Gasteiger partial charge is 0.269 e. The maximum atomic E-state index is 10.7. The number of nitrogens with one attached hydrogen (secondary N) is 1. The fourth-order valence-corrected chi connectivity index (χ4v) is 2.96. The van der Waals surface area contributed by atoms with Crippen LogP contribution in [0.2, 0.25) is 0 Å². The molecular weight excluding hydrogens is 252 g/mol. The zero-order valence-corrected chi connectivity index (χ0v) is 12.2. The highest BCUT2D eigenvalue weighted by Crippen LogP contribution is 2.22. The number of non-ortho nitro benzene ring substituents is 1. The Morgan fingerprint density at radius 3 is 2.20 bits per heavy atom. The van der Waals surface area contributed by atoms with Gasteiger partial charge in [0.2, 0.25) is 0 Å². The normalized spacial score (nSPS) is 19.1. The van der Waals surface area contributed by atoms with Crippen molar-refractivity contribution in [2.24, 2.45) is 0 Å². The van der Waals surface area contributed by atoms with Crippen molar-refractivity contribution in [3.63, 3.8) is 0 Å². The molecule has 0 heterocycles. The van der Waals surface area contributed by atoms with E-state index in [0.717, 1.165) is 5.56 Å². The van der Waals surface area contributed by atoms with Gasteiger partial charge in [-0.15, -0.1) is 0 Å². The summed E-state index contributed by atoms with van der Waals surface area (Å²) in [6.45, 7) is 2.14. The molecule has 110 valence electrons. The van der Waals surface area contributed by atoms with Crippen molar-refractivity contribution < 1.29 is 4.92 Å². The molecule has 0 aliphatic heterocycles. The first-order chi connectivity index (χ1) is 9.66. The van der Waals surface area contributed by atoms with Crippen LogP contribution in [0.5, 0.6) is 0 Å². The molecule has 1 aromatic rings. The van der Waals surface area contributed by atoms with Crippen LogP contribution in [0, 0.1) is 10.1 Å². The summed E-state index contributed by atoms with van der Waals surface area (Å²) in [4.78, 5) is 10.3. The molecule has 1 atom stereocenters. The lowest BCUT2D eigenvalue weighted by atomic mass is 9.95. The quantitative estimate of drug-likeness (QED) is 0.656. The summed E-state index contributed by atoms with van der Waals surface area (Å²) in [6, 6.07) is 7.73. The Morgan fingerprint density at radius 1 is 1.10 bits per heavy atom. The minimum absolute atomic E-state index is 0.159. The van der Waals surface area contributed by atoms with E-state index in [4.69, 9.17) is 0 Å². The fraction of sp³-hybridized carbons (Fsp3) is 0.625. The van der Waals surface area contributed by atoms with E-state index >= 15 is 0 Å². The molecule has 1 N–H and O–H groups in total. The average Bonchev–Trinajstić information content (AvgIpc) is 2.41. The van der Waals surface area contributed by atoms with E-state index in [1.807, 2.05) is 12.1 Å². The predicted octanol–water partition coefficient (Wildman–Crippen LogP) is 4.36. The summed E-state index contributed by atoms with van der Waals surface area (Å²) in [5.74, 6) is 0. The first-order valence-electron chi connectivity index (χ1n) is 7.67. The van der Waals surface area contributed by atoms with Crippen LogP contribution in [-0.2, 0) is 0 Å². The van der Waals surface area contributed by atoms with Crippen LogP contribution in [0.25, 0.3) is 0 Å². The summed E-state index contributed by atoms with van der Waals surface area (Å²) in [6.07, 6.45) is 9.20. The third kappa shape index (κ3) is 4.30. The van der Waals surface area contributed by atoms with E-state index in [9.17, 15) is 10.1 Å². The van der Waals surface area contributed by atoms with Crippen LogP contribution >= 0.6 is 0 Å². The van der Waals surface area contributed by atoms with Crippen LogP contribution < -0.4 is 5.32 Å². The van der Waals surface area contributed by atoms with Gasteiger partial charge in [-0.25, -0.2) is 0 Å². The maximum Gasteiger partial charge on any atom is 0.269 e. The number of hydrogen-bond acceptors (Lipinski definition) is 3. The summed E-state index contributed by atoms with van der Waals surface area (Å²) in [5, 5.41) is 14.3. The number of nitrogens with zero attached hydrogens (tertiary/aromatic N) is 1. The van der Waals surface area contributed by atoms with Crippen molar-refractivity contribution in [1.82, 2.24) is 5.32 Å². The number of nitro benzene ring substituents is 1. The van der Waals surface area contributed by atoms with Crippen LogP contribution in [0.15, 0.2) is 24.3 Å². The molecule has 2 rings (SSSR count). The summed E-state index contributed by atoms with van der Waals surface area (Å²) in [5.41, 5.74) is 1.28. The summed E-state index contributed by atoms with van der Waals surface area (Å²) in [7, 11) is 0.